The lowest BCUT2D eigenvalue weighted by Gasteiger charge is -2.25. The Labute approximate surface area is 178 Å². The van der Waals surface area contributed by atoms with Crippen molar-refractivity contribution in [1.82, 2.24) is 10.2 Å². The molecule has 0 saturated heterocycles. The molecule has 31 heavy (non-hydrogen) atoms. The number of nitrogens with one attached hydrogen (secondary N) is 1. The van der Waals surface area contributed by atoms with Gasteiger partial charge in [0, 0.05) is 60.6 Å². The summed E-state index contributed by atoms with van der Waals surface area (Å²) in [6, 6.07) is 9.39. The number of benzene rings is 2. The number of non-ortho nitro benzene ring substituents is 2. The van der Waals surface area contributed by atoms with Crippen molar-refractivity contribution in [3.05, 3.63) is 79.9 Å². The quantitative estimate of drug-likeness (QED) is 0.348. The molecule has 0 aliphatic heterocycles. The van der Waals surface area contributed by atoms with Gasteiger partial charge in [-0.25, -0.2) is 0 Å². The van der Waals surface area contributed by atoms with E-state index in [0.29, 0.717) is 6.54 Å². The molecule has 3 N–H and O–H groups in total. The van der Waals surface area contributed by atoms with Crippen LogP contribution in [0.3, 0.4) is 0 Å². The molecule has 0 spiro atoms. The van der Waals surface area contributed by atoms with Gasteiger partial charge in [0.15, 0.2) is 0 Å². The molecule has 0 aliphatic carbocycles. The Bertz CT molecular complexity index is 890. The summed E-state index contributed by atoms with van der Waals surface area (Å²) in [5, 5.41) is 24.8. The summed E-state index contributed by atoms with van der Waals surface area (Å²) in [6.45, 7) is 4.05. The van der Waals surface area contributed by atoms with Gasteiger partial charge in [0.25, 0.3) is 23.2 Å². The zero-order chi connectivity index (χ0) is 23.1. The van der Waals surface area contributed by atoms with E-state index in [9.17, 15) is 29.8 Å². The lowest BCUT2D eigenvalue weighted by atomic mass is 10.1. The molecule has 2 aromatic rings. The van der Waals surface area contributed by atoms with Gasteiger partial charge in [0.05, 0.1) is 9.85 Å². The maximum Gasteiger partial charge on any atom is 0.269 e. The minimum atomic E-state index is -0.646. The van der Waals surface area contributed by atoms with Gasteiger partial charge in [-0.1, -0.05) is 0 Å². The van der Waals surface area contributed by atoms with E-state index in [1.807, 2.05) is 6.92 Å². The van der Waals surface area contributed by atoms with E-state index in [1.165, 1.54) is 48.5 Å². The van der Waals surface area contributed by atoms with Crippen LogP contribution in [0.25, 0.3) is 0 Å². The zero-order valence-electron chi connectivity index (χ0n) is 17.1. The molecular weight excluding hydrogens is 406 g/mol. The van der Waals surface area contributed by atoms with Gasteiger partial charge < -0.3 is 11.1 Å². The fourth-order valence-electron chi connectivity index (χ4n) is 2.75. The maximum atomic E-state index is 13.1. The summed E-state index contributed by atoms with van der Waals surface area (Å²) in [6.07, 6.45) is 0. The van der Waals surface area contributed by atoms with E-state index < -0.39 is 21.7 Å². The molecule has 164 valence electrons. The minimum absolute atomic E-state index is 0.00163. The predicted octanol–water partition coefficient (Wildman–Crippen LogP) is 2.11. The number of imide groups is 1. The van der Waals surface area contributed by atoms with Crippen molar-refractivity contribution in [3.63, 3.8) is 0 Å². The number of hydrogen-bond donors (Lipinski definition) is 2. The third kappa shape index (κ3) is 6.39. The molecule has 11 heteroatoms. The largest absolute Gasteiger partial charge is 0.327 e. The van der Waals surface area contributed by atoms with Crippen molar-refractivity contribution in [2.45, 2.75) is 25.9 Å². The molecule has 0 heterocycles. The summed E-state index contributed by atoms with van der Waals surface area (Å²) < 4.78 is 0. The van der Waals surface area contributed by atoms with E-state index in [-0.39, 0.29) is 41.1 Å². The third-order valence-corrected chi connectivity index (χ3v) is 4.39. The van der Waals surface area contributed by atoms with Crippen LogP contribution in [0.1, 0.15) is 34.6 Å². The van der Waals surface area contributed by atoms with Gasteiger partial charge in [0.1, 0.15) is 0 Å². The molecule has 0 aromatic heterocycles. The maximum absolute atomic E-state index is 13.1. The smallest absolute Gasteiger partial charge is 0.269 e. The van der Waals surface area contributed by atoms with Gasteiger partial charge in [-0.05, 0) is 38.1 Å². The van der Waals surface area contributed by atoms with Crippen molar-refractivity contribution in [3.8, 4) is 0 Å². The van der Waals surface area contributed by atoms with Crippen molar-refractivity contribution in [2.24, 2.45) is 5.73 Å². The first-order valence-electron chi connectivity index (χ1n) is 9.44. The Kier molecular flexibility index (Phi) is 7.88. The molecule has 2 unspecified atom stereocenters. The highest BCUT2D eigenvalue weighted by Gasteiger charge is 2.26. The highest BCUT2D eigenvalue weighted by molar-refractivity contribution is 6.10. The Hall–Kier alpha value is -3.70. The molecule has 0 fully saturated rings. The average Bonchev–Trinajstić information content (AvgIpc) is 2.75. The van der Waals surface area contributed by atoms with Crippen LogP contribution < -0.4 is 11.1 Å². The van der Waals surface area contributed by atoms with E-state index in [4.69, 9.17) is 5.73 Å². The molecule has 2 atom stereocenters. The molecule has 2 rings (SSSR count). The second-order valence-corrected chi connectivity index (χ2v) is 7.12. The topological polar surface area (TPSA) is 162 Å². The molecule has 0 aliphatic rings. The van der Waals surface area contributed by atoms with Crippen molar-refractivity contribution in [2.75, 3.05) is 13.1 Å². The molecule has 2 aromatic carbocycles. The number of nitro benzene ring substituents is 2. The Morgan fingerprint density at radius 3 is 1.61 bits per heavy atom. The van der Waals surface area contributed by atoms with E-state index in [0.717, 1.165) is 4.90 Å². The van der Waals surface area contributed by atoms with Gasteiger partial charge in [0.2, 0.25) is 0 Å². The second-order valence-electron chi connectivity index (χ2n) is 7.12. The summed E-state index contributed by atoms with van der Waals surface area (Å²) in [5.41, 5.74) is 5.56. The van der Waals surface area contributed by atoms with Crippen molar-refractivity contribution < 1.29 is 19.4 Å². The SMILES string of the molecule is CC(N)CNC(C)CN(C(=O)c1ccc([N+](=O)[O-])cc1)C(=O)c1ccc([N+](=O)[O-])cc1. The lowest BCUT2D eigenvalue weighted by molar-refractivity contribution is -0.385. The molecule has 0 saturated carbocycles. The average molecular weight is 429 g/mol. The van der Waals surface area contributed by atoms with Crippen LogP contribution in [-0.2, 0) is 0 Å². The first-order valence-corrected chi connectivity index (χ1v) is 9.44. The van der Waals surface area contributed by atoms with E-state index in [1.54, 1.807) is 6.92 Å². The number of amides is 2. The normalized spacial score (nSPS) is 12.6. The highest BCUT2D eigenvalue weighted by atomic mass is 16.6. The van der Waals surface area contributed by atoms with Gasteiger partial charge in [-0.2, -0.15) is 0 Å². The number of nitrogens with two attached hydrogens (primary N) is 1. The standard InChI is InChI=1S/C20H23N5O6/c1-13(21)11-22-14(2)12-23(19(26)15-3-7-17(8-4-15)24(28)29)20(27)16-5-9-18(10-6-16)25(30)31/h3-10,13-14,22H,11-12,21H2,1-2H3. The van der Waals surface area contributed by atoms with Crippen LogP contribution in [0.2, 0.25) is 0 Å². The van der Waals surface area contributed by atoms with E-state index in [2.05, 4.69) is 5.32 Å². The number of hydrogen-bond acceptors (Lipinski definition) is 8. The van der Waals surface area contributed by atoms with Crippen LogP contribution in [-0.4, -0.2) is 51.7 Å². The number of carbonyl (C=O) groups is 2. The molecule has 11 nitrogen and oxygen atoms in total. The number of nitrogens with zero attached hydrogens (tertiary/aromatic N) is 3. The molecule has 2 amide bonds. The van der Waals surface area contributed by atoms with Gasteiger partial charge in [-0.15, -0.1) is 0 Å². The van der Waals surface area contributed by atoms with Crippen LogP contribution in [0, 0.1) is 20.2 Å². The zero-order valence-corrected chi connectivity index (χ0v) is 17.1. The van der Waals surface area contributed by atoms with Crippen LogP contribution in [0.15, 0.2) is 48.5 Å². The fraction of sp³-hybridized carbons (Fsp3) is 0.300. The van der Waals surface area contributed by atoms with Crippen molar-refractivity contribution >= 4 is 23.2 Å². The van der Waals surface area contributed by atoms with Crippen LogP contribution in [0.5, 0.6) is 0 Å². The van der Waals surface area contributed by atoms with Crippen LogP contribution in [0.4, 0.5) is 11.4 Å². The van der Waals surface area contributed by atoms with Gasteiger partial charge >= 0.3 is 0 Å². The number of nitro groups is 2. The van der Waals surface area contributed by atoms with E-state index >= 15 is 0 Å². The third-order valence-electron chi connectivity index (χ3n) is 4.39. The molecular formula is C20H23N5O6. The Balaban J connectivity index is 2.32. The Morgan fingerprint density at radius 1 is 0.903 bits per heavy atom. The summed E-state index contributed by atoms with van der Waals surface area (Å²) in [7, 11) is 0. The monoisotopic (exact) mass is 429 g/mol. The first-order chi connectivity index (χ1) is 14.6. The summed E-state index contributed by atoms with van der Waals surface area (Å²) >= 11 is 0. The first kappa shape index (κ1) is 23.6. The fourth-order valence-corrected chi connectivity index (χ4v) is 2.75. The summed E-state index contributed by atoms with van der Waals surface area (Å²) in [5.74, 6) is -1.29. The number of rotatable bonds is 9. The number of carbonyl (C=O) groups excluding carboxylic acids is 2. The highest BCUT2D eigenvalue weighted by Crippen LogP contribution is 2.17. The molecule has 0 radical (unpaired) electrons. The lowest BCUT2D eigenvalue weighted by Crippen LogP contribution is -2.47. The minimum Gasteiger partial charge on any atom is -0.327 e. The summed E-state index contributed by atoms with van der Waals surface area (Å²) in [4.78, 5) is 47.6. The molecule has 0 bridgehead atoms. The second kappa shape index (κ2) is 10.4. The van der Waals surface area contributed by atoms with Gasteiger partial charge in [-0.3, -0.25) is 34.7 Å². The van der Waals surface area contributed by atoms with Crippen molar-refractivity contribution in [1.29, 1.82) is 0 Å². The predicted molar refractivity (Wildman–Crippen MR) is 113 cm³/mol. The Morgan fingerprint density at radius 2 is 1.29 bits per heavy atom. The van der Waals surface area contributed by atoms with Crippen LogP contribution >= 0.6 is 0 Å².